The maximum Gasteiger partial charge on any atom is 0.338 e. The third-order valence-corrected chi connectivity index (χ3v) is 2.50. The number of hydrogen-bond acceptors (Lipinski definition) is 4. The van der Waals surface area contributed by atoms with E-state index in [9.17, 15) is 4.79 Å². The average molecular weight is 263 g/mol. The van der Waals surface area contributed by atoms with Crippen LogP contribution in [0.5, 0.6) is 0 Å². The number of hydrogen-bond donors (Lipinski definition) is 0. The minimum absolute atomic E-state index is 0.196. The summed E-state index contributed by atoms with van der Waals surface area (Å²) in [7, 11) is 0. The van der Waals surface area contributed by atoms with Crippen molar-refractivity contribution in [2.45, 2.75) is 6.92 Å². The van der Waals surface area contributed by atoms with E-state index in [2.05, 4.69) is 9.97 Å². The van der Waals surface area contributed by atoms with E-state index in [1.54, 1.807) is 43.5 Å². The highest BCUT2D eigenvalue weighted by Gasteiger charge is 2.07. The second-order valence-corrected chi connectivity index (χ2v) is 3.85. The summed E-state index contributed by atoms with van der Waals surface area (Å²) in [5.74, 6) is -0.329. The second-order valence-electron chi connectivity index (χ2n) is 3.51. The number of rotatable bonds is 3. The van der Waals surface area contributed by atoms with Gasteiger partial charge in [-0.15, -0.1) is 0 Å². The minimum Gasteiger partial charge on any atom is -0.462 e. The third-order valence-electron chi connectivity index (χ3n) is 2.32. The van der Waals surface area contributed by atoms with Gasteiger partial charge in [0.05, 0.1) is 17.9 Å². The van der Waals surface area contributed by atoms with E-state index >= 15 is 0 Å². The van der Waals surface area contributed by atoms with Crippen LogP contribution in [0.3, 0.4) is 0 Å². The van der Waals surface area contributed by atoms with Gasteiger partial charge in [-0.25, -0.2) is 14.8 Å². The first-order chi connectivity index (χ1) is 8.70. The number of esters is 1. The van der Waals surface area contributed by atoms with E-state index < -0.39 is 0 Å². The van der Waals surface area contributed by atoms with Gasteiger partial charge in [-0.1, -0.05) is 12.1 Å². The molecular weight excluding hydrogens is 252 g/mol. The molecular formula is C13H11ClN2O2. The smallest absolute Gasteiger partial charge is 0.338 e. The highest BCUT2D eigenvalue weighted by Crippen LogP contribution is 2.18. The molecule has 1 aromatic heterocycles. The van der Waals surface area contributed by atoms with Gasteiger partial charge < -0.3 is 4.74 Å². The van der Waals surface area contributed by atoms with Crippen LogP contribution in [-0.4, -0.2) is 22.5 Å². The lowest BCUT2D eigenvalue weighted by Gasteiger charge is -2.03. The van der Waals surface area contributed by atoms with Crippen molar-refractivity contribution >= 4 is 17.6 Å². The molecule has 0 atom stereocenters. The minimum atomic E-state index is -0.329. The van der Waals surface area contributed by atoms with Gasteiger partial charge in [0.15, 0.2) is 0 Å². The van der Waals surface area contributed by atoms with Gasteiger partial charge in [0, 0.05) is 11.8 Å². The van der Waals surface area contributed by atoms with Crippen molar-refractivity contribution in [1.29, 1.82) is 0 Å². The molecule has 1 heterocycles. The fraction of sp³-hybridized carbons (Fsp3) is 0.154. The van der Waals surface area contributed by atoms with E-state index in [-0.39, 0.29) is 11.3 Å². The monoisotopic (exact) mass is 262 g/mol. The van der Waals surface area contributed by atoms with Crippen LogP contribution in [0.2, 0.25) is 5.28 Å². The molecule has 0 N–H and O–H groups in total. The number of halogens is 1. The van der Waals surface area contributed by atoms with Gasteiger partial charge in [-0.05, 0) is 36.7 Å². The van der Waals surface area contributed by atoms with Crippen molar-refractivity contribution in [3.63, 3.8) is 0 Å². The van der Waals surface area contributed by atoms with Crippen molar-refractivity contribution in [3.05, 3.63) is 47.4 Å². The number of ether oxygens (including phenoxy) is 1. The van der Waals surface area contributed by atoms with E-state index in [1.165, 1.54) is 0 Å². The lowest BCUT2D eigenvalue weighted by Crippen LogP contribution is -2.04. The fourth-order valence-electron chi connectivity index (χ4n) is 1.49. The highest BCUT2D eigenvalue weighted by molar-refractivity contribution is 6.28. The standard InChI is InChI=1S/C13H11ClN2O2/c1-2-18-12(17)10-5-3-9(4-6-10)11-7-8-15-13(14)16-11/h3-8H,2H2,1H3. The number of carbonyl (C=O) groups excluding carboxylic acids is 1. The summed E-state index contributed by atoms with van der Waals surface area (Å²) in [5, 5.41) is 0.196. The third kappa shape index (κ3) is 2.84. The SMILES string of the molecule is CCOC(=O)c1ccc(-c2ccnc(Cl)n2)cc1. The molecule has 0 unspecified atom stereocenters. The van der Waals surface area contributed by atoms with Crippen LogP contribution in [0.15, 0.2) is 36.5 Å². The number of carbonyl (C=O) groups is 1. The Morgan fingerprint density at radius 1 is 1.28 bits per heavy atom. The molecule has 2 rings (SSSR count). The van der Waals surface area contributed by atoms with Gasteiger partial charge in [0.1, 0.15) is 0 Å². The predicted molar refractivity (Wildman–Crippen MR) is 68.4 cm³/mol. The Morgan fingerprint density at radius 2 is 2.00 bits per heavy atom. The van der Waals surface area contributed by atoms with Crippen molar-refractivity contribution < 1.29 is 9.53 Å². The molecule has 0 spiro atoms. The Labute approximate surface area is 110 Å². The summed E-state index contributed by atoms with van der Waals surface area (Å²) in [6, 6.07) is 8.74. The zero-order valence-electron chi connectivity index (χ0n) is 9.76. The summed E-state index contributed by atoms with van der Waals surface area (Å²) in [5.41, 5.74) is 2.10. The maximum absolute atomic E-state index is 11.5. The van der Waals surface area contributed by atoms with E-state index in [1.807, 2.05) is 0 Å². The van der Waals surface area contributed by atoms with Gasteiger partial charge >= 0.3 is 5.97 Å². The molecule has 0 radical (unpaired) electrons. The Kier molecular flexibility index (Phi) is 3.89. The number of aromatic nitrogens is 2. The largest absolute Gasteiger partial charge is 0.462 e. The van der Waals surface area contributed by atoms with Crippen molar-refractivity contribution in [2.75, 3.05) is 6.61 Å². The van der Waals surface area contributed by atoms with Gasteiger partial charge in [-0.2, -0.15) is 0 Å². The van der Waals surface area contributed by atoms with Gasteiger partial charge in [0.25, 0.3) is 0 Å². The quantitative estimate of drug-likeness (QED) is 0.630. The van der Waals surface area contributed by atoms with E-state index in [4.69, 9.17) is 16.3 Å². The van der Waals surface area contributed by atoms with Crippen LogP contribution in [0.4, 0.5) is 0 Å². The predicted octanol–water partition coefficient (Wildman–Crippen LogP) is 2.97. The molecule has 18 heavy (non-hydrogen) atoms. The number of nitrogens with zero attached hydrogens (tertiary/aromatic N) is 2. The first-order valence-electron chi connectivity index (χ1n) is 5.47. The molecule has 92 valence electrons. The molecule has 1 aromatic carbocycles. The normalized spacial score (nSPS) is 10.1. The van der Waals surface area contributed by atoms with Crippen molar-refractivity contribution in [1.82, 2.24) is 9.97 Å². The first-order valence-corrected chi connectivity index (χ1v) is 5.84. The number of benzene rings is 1. The van der Waals surface area contributed by atoms with Crippen LogP contribution < -0.4 is 0 Å². The zero-order valence-corrected chi connectivity index (χ0v) is 10.5. The lowest BCUT2D eigenvalue weighted by atomic mass is 10.1. The molecule has 0 fully saturated rings. The second kappa shape index (κ2) is 5.60. The molecule has 5 heteroatoms. The molecule has 2 aromatic rings. The van der Waals surface area contributed by atoms with Crippen molar-refractivity contribution in [2.24, 2.45) is 0 Å². The Bertz CT molecular complexity index is 555. The summed E-state index contributed by atoms with van der Waals surface area (Å²) >= 11 is 5.72. The molecule has 0 aliphatic heterocycles. The topological polar surface area (TPSA) is 52.1 Å². The van der Waals surface area contributed by atoms with Gasteiger partial charge in [0.2, 0.25) is 5.28 Å². The maximum atomic E-state index is 11.5. The molecule has 4 nitrogen and oxygen atoms in total. The summed E-state index contributed by atoms with van der Waals surface area (Å²) < 4.78 is 4.91. The van der Waals surface area contributed by atoms with E-state index in [0.29, 0.717) is 17.9 Å². The van der Waals surface area contributed by atoms with Crippen LogP contribution >= 0.6 is 11.6 Å². The van der Waals surface area contributed by atoms with Crippen molar-refractivity contribution in [3.8, 4) is 11.3 Å². The fourth-order valence-corrected chi connectivity index (χ4v) is 1.63. The van der Waals surface area contributed by atoms with Crippen LogP contribution in [0.25, 0.3) is 11.3 Å². The van der Waals surface area contributed by atoms with Crippen LogP contribution in [0.1, 0.15) is 17.3 Å². The zero-order chi connectivity index (χ0) is 13.0. The molecule has 0 aliphatic carbocycles. The summed E-state index contributed by atoms with van der Waals surface area (Å²) in [6.45, 7) is 2.14. The van der Waals surface area contributed by atoms with Crippen LogP contribution in [-0.2, 0) is 4.74 Å². The Morgan fingerprint density at radius 3 is 2.61 bits per heavy atom. The molecule has 0 saturated carbocycles. The molecule has 0 aliphatic rings. The van der Waals surface area contributed by atoms with Gasteiger partial charge in [-0.3, -0.25) is 0 Å². The average Bonchev–Trinajstić information content (AvgIpc) is 2.39. The Balaban J connectivity index is 2.25. The Hall–Kier alpha value is -1.94. The molecule has 0 bridgehead atoms. The summed E-state index contributed by atoms with van der Waals surface area (Å²) in [4.78, 5) is 19.4. The summed E-state index contributed by atoms with van der Waals surface area (Å²) in [6.07, 6.45) is 1.59. The lowest BCUT2D eigenvalue weighted by molar-refractivity contribution is 0.0526. The first kappa shape index (κ1) is 12.5. The highest BCUT2D eigenvalue weighted by atomic mass is 35.5. The van der Waals surface area contributed by atoms with Crippen LogP contribution in [0, 0.1) is 0 Å². The molecule has 0 amide bonds. The molecule has 0 saturated heterocycles. The van der Waals surface area contributed by atoms with E-state index in [0.717, 1.165) is 5.56 Å².